The van der Waals surface area contributed by atoms with Crippen LogP contribution in [0, 0.1) is 17.8 Å². The van der Waals surface area contributed by atoms with E-state index in [0.29, 0.717) is 12.3 Å². The van der Waals surface area contributed by atoms with E-state index in [1.165, 1.54) is 19.3 Å². The quantitative estimate of drug-likeness (QED) is 0.466. The second-order valence-corrected chi connectivity index (χ2v) is 6.20. The summed E-state index contributed by atoms with van der Waals surface area (Å²) in [5, 5.41) is 0. The van der Waals surface area contributed by atoms with E-state index < -0.39 is 5.67 Å². The summed E-state index contributed by atoms with van der Waals surface area (Å²) in [6, 6.07) is 0. The van der Waals surface area contributed by atoms with Gasteiger partial charge in [0.2, 0.25) is 0 Å². The molecule has 0 aromatic carbocycles. The Bertz CT molecular complexity index is 182. The van der Waals surface area contributed by atoms with Crippen LogP contribution in [-0.2, 0) is 0 Å². The highest BCUT2D eigenvalue weighted by atomic mass is 19.1. The van der Waals surface area contributed by atoms with E-state index in [-0.39, 0.29) is 0 Å². The van der Waals surface area contributed by atoms with Crippen molar-refractivity contribution in [2.45, 2.75) is 85.7 Å². The van der Waals surface area contributed by atoms with Crippen LogP contribution in [0.1, 0.15) is 80.1 Å². The highest BCUT2D eigenvalue weighted by Gasteiger charge is 2.22. The molecule has 0 aromatic heterocycles. The molecule has 0 aliphatic rings. The highest BCUT2D eigenvalue weighted by Crippen LogP contribution is 2.30. The van der Waals surface area contributed by atoms with E-state index in [0.717, 1.165) is 24.7 Å². The standard InChI is InChI=1S/C16H33F/c1-7-15(8-2)14(5)12-13(4)10-11-16(6,17)9-3/h13-15H,7-12H2,1-6H3. The molecule has 0 aliphatic carbocycles. The molecule has 0 fully saturated rings. The van der Waals surface area contributed by atoms with Gasteiger partial charge in [0.25, 0.3) is 0 Å². The summed E-state index contributed by atoms with van der Waals surface area (Å²) in [4.78, 5) is 0. The van der Waals surface area contributed by atoms with Gasteiger partial charge in [-0.15, -0.1) is 0 Å². The first-order valence-corrected chi connectivity index (χ1v) is 7.55. The van der Waals surface area contributed by atoms with E-state index in [1.807, 2.05) is 6.92 Å². The fraction of sp³-hybridized carbons (Fsp3) is 1.00. The van der Waals surface area contributed by atoms with Gasteiger partial charge in [0.15, 0.2) is 0 Å². The minimum atomic E-state index is -0.952. The summed E-state index contributed by atoms with van der Waals surface area (Å²) >= 11 is 0. The summed E-state index contributed by atoms with van der Waals surface area (Å²) < 4.78 is 13.8. The van der Waals surface area contributed by atoms with E-state index in [9.17, 15) is 4.39 Å². The molecule has 0 spiro atoms. The van der Waals surface area contributed by atoms with Gasteiger partial charge in [0.1, 0.15) is 5.67 Å². The Morgan fingerprint density at radius 2 is 1.59 bits per heavy atom. The molecule has 0 aromatic rings. The second-order valence-electron chi connectivity index (χ2n) is 6.20. The zero-order valence-corrected chi connectivity index (χ0v) is 12.9. The zero-order chi connectivity index (χ0) is 13.5. The lowest BCUT2D eigenvalue weighted by molar-refractivity contribution is 0.150. The number of alkyl halides is 1. The van der Waals surface area contributed by atoms with Crippen molar-refractivity contribution >= 4 is 0 Å². The molecule has 0 saturated heterocycles. The molecular formula is C16H33F. The number of hydrogen-bond donors (Lipinski definition) is 0. The largest absolute Gasteiger partial charge is 0.244 e. The predicted octanol–water partition coefficient (Wildman–Crippen LogP) is 6.00. The average Bonchev–Trinajstić information content (AvgIpc) is 2.28. The van der Waals surface area contributed by atoms with E-state index in [2.05, 4.69) is 27.7 Å². The molecule has 0 N–H and O–H groups in total. The molecule has 3 unspecified atom stereocenters. The minimum Gasteiger partial charge on any atom is -0.244 e. The number of rotatable bonds is 9. The van der Waals surface area contributed by atoms with Crippen molar-refractivity contribution < 1.29 is 4.39 Å². The van der Waals surface area contributed by atoms with Gasteiger partial charge in [0, 0.05) is 0 Å². The Morgan fingerprint density at radius 1 is 1.06 bits per heavy atom. The lowest BCUT2D eigenvalue weighted by Gasteiger charge is -2.26. The molecular weight excluding hydrogens is 211 g/mol. The Labute approximate surface area is 108 Å². The third-order valence-corrected chi connectivity index (χ3v) is 4.52. The van der Waals surface area contributed by atoms with Crippen LogP contribution in [0.2, 0.25) is 0 Å². The van der Waals surface area contributed by atoms with Gasteiger partial charge in [0.05, 0.1) is 0 Å². The van der Waals surface area contributed by atoms with Crippen LogP contribution in [-0.4, -0.2) is 5.67 Å². The van der Waals surface area contributed by atoms with Crippen molar-refractivity contribution in [3.8, 4) is 0 Å². The first kappa shape index (κ1) is 16.9. The van der Waals surface area contributed by atoms with Crippen LogP contribution in [0.4, 0.5) is 4.39 Å². The molecule has 3 atom stereocenters. The van der Waals surface area contributed by atoms with Gasteiger partial charge in [-0.25, -0.2) is 4.39 Å². The number of hydrogen-bond acceptors (Lipinski definition) is 0. The summed E-state index contributed by atoms with van der Waals surface area (Å²) in [5.74, 6) is 2.29. The van der Waals surface area contributed by atoms with Crippen LogP contribution in [0.15, 0.2) is 0 Å². The lowest BCUT2D eigenvalue weighted by Crippen LogP contribution is -2.19. The summed E-state index contributed by atoms with van der Waals surface area (Å²) in [6.07, 6.45) is 6.21. The maximum absolute atomic E-state index is 13.8. The lowest BCUT2D eigenvalue weighted by atomic mass is 9.81. The summed E-state index contributed by atoms with van der Waals surface area (Å²) in [5.41, 5.74) is -0.952. The van der Waals surface area contributed by atoms with Crippen molar-refractivity contribution in [1.29, 1.82) is 0 Å². The Kier molecular flexibility index (Phi) is 8.07. The molecule has 1 heteroatoms. The van der Waals surface area contributed by atoms with Crippen LogP contribution in [0.25, 0.3) is 0 Å². The molecule has 0 amide bonds. The smallest absolute Gasteiger partial charge is 0.108 e. The Balaban J connectivity index is 3.97. The van der Waals surface area contributed by atoms with Gasteiger partial charge >= 0.3 is 0 Å². The molecule has 0 bridgehead atoms. The van der Waals surface area contributed by atoms with E-state index >= 15 is 0 Å². The molecule has 17 heavy (non-hydrogen) atoms. The third kappa shape index (κ3) is 7.06. The maximum atomic E-state index is 13.8. The van der Waals surface area contributed by atoms with Crippen LogP contribution in [0.3, 0.4) is 0 Å². The average molecular weight is 244 g/mol. The van der Waals surface area contributed by atoms with Gasteiger partial charge < -0.3 is 0 Å². The fourth-order valence-electron chi connectivity index (χ4n) is 2.76. The van der Waals surface area contributed by atoms with Gasteiger partial charge in [-0.3, -0.25) is 0 Å². The molecule has 0 aliphatic heterocycles. The molecule has 0 heterocycles. The Hall–Kier alpha value is -0.0700. The normalized spacial score (nSPS) is 19.1. The number of halogens is 1. The molecule has 0 nitrogen and oxygen atoms in total. The van der Waals surface area contributed by atoms with Gasteiger partial charge in [-0.05, 0) is 50.4 Å². The van der Waals surface area contributed by atoms with Crippen molar-refractivity contribution in [2.75, 3.05) is 0 Å². The van der Waals surface area contributed by atoms with Gasteiger partial charge in [-0.2, -0.15) is 0 Å². The first-order chi connectivity index (χ1) is 7.86. The van der Waals surface area contributed by atoms with Crippen LogP contribution in [0.5, 0.6) is 0 Å². The zero-order valence-electron chi connectivity index (χ0n) is 12.9. The van der Waals surface area contributed by atoms with Crippen molar-refractivity contribution in [3.63, 3.8) is 0 Å². The van der Waals surface area contributed by atoms with Crippen LogP contribution >= 0.6 is 0 Å². The fourth-order valence-corrected chi connectivity index (χ4v) is 2.76. The van der Waals surface area contributed by atoms with Crippen LogP contribution < -0.4 is 0 Å². The summed E-state index contributed by atoms with van der Waals surface area (Å²) in [7, 11) is 0. The highest BCUT2D eigenvalue weighted by molar-refractivity contribution is 4.74. The van der Waals surface area contributed by atoms with Crippen molar-refractivity contribution in [3.05, 3.63) is 0 Å². The first-order valence-electron chi connectivity index (χ1n) is 7.55. The minimum absolute atomic E-state index is 0.641. The third-order valence-electron chi connectivity index (χ3n) is 4.52. The molecule has 0 rings (SSSR count). The molecule has 0 saturated carbocycles. The monoisotopic (exact) mass is 244 g/mol. The van der Waals surface area contributed by atoms with Gasteiger partial charge in [-0.1, -0.05) is 47.5 Å². The topological polar surface area (TPSA) is 0 Å². The second kappa shape index (κ2) is 8.11. The Morgan fingerprint density at radius 3 is 2.00 bits per heavy atom. The van der Waals surface area contributed by atoms with E-state index in [1.54, 1.807) is 6.92 Å². The molecule has 0 radical (unpaired) electrons. The SMILES string of the molecule is CCC(CC)C(C)CC(C)CCC(C)(F)CC. The predicted molar refractivity (Wildman–Crippen MR) is 76.1 cm³/mol. The van der Waals surface area contributed by atoms with Crippen molar-refractivity contribution in [2.24, 2.45) is 17.8 Å². The van der Waals surface area contributed by atoms with Crippen molar-refractivity contribution in [1.82, 2.24) is 0 Å². The summed E-state index contributed by atoms with van der Waals surface area (Å²) in [6.45, 7) is 12.9. The molecule has 104 valence electrons. The van der Waals surface area contributed by atoms with E-state index in [4.69, 9.17) is 0 Å². The maximum Gasteiger partial charge on any atom is 0.108 e.